The molecule has 0 amide bonds. The first-order chi connectivity index (χ1) is 8.74. The molecule has 1 heterocycles. The van der Waals surface area contributed by atoms with E-state index in [2.05, 4.69) is 65.8 Å². The molecule has 0 radical (unpaired) electrons. The summed E-state index contributed by atoms with van der Waals surface area (Å²) in [6.45, 7) is 13.0. The molecule has 106 valence electrons. The second-order valence-electron chi connectivity index (χ2n) is 7.07. The van der Waals surface area contributed by atoms with Gasteiger partial charge in [-0.2, -0.15) is 0 Å². The Labute approximate surface area is 117 Å². The minimum Gasteiger partial charge on any atom is -0.342 e. The summed E-state index contributed by atoms with van der Waals surface area (Å²) in [6.07, 6.45) is 0.826. The fourth-order valence-corrected chi connectivity index (χ4v) is 2.37. The van der Waals surface area contributed by atoms with Crippen LogP contribution in [0.25, 0.3) is 0 Å². The highest BCUT2D eigenvalue weighted by molar-refractivity contribution is 5.34. The SMILES string of the molecule is CCC(C)(C)OC1OC(C(C)(C)C)c2ccccc21. The molecule has 2 heteroatoms. The third-order valence-corrected chi connectivity index (χ3v) is 3.86. The van der Waals surface area contributed by atoms with Gasteiger partial charge in [-0.1, -0.05) is 52.0 Å². The molecule has 0 aliphatic carbocycles. The first-order valence-electron chi connectivity index (χ1n) is 7.17. The van der Waals surface area contributed by atoms with E-state index >= 15 is 0 Å². The predicted octanol–water partition coefficient (Wildman–Crippen LogP) is 5.01. The quantitative estimate of drug-likeness (QED) is 0.762. The van der Waals surface area contributed by atoms with E-state index in [1.165, 1.54) is 11.1 Å². The van der Waals surface area contributed by atoms with E-state index in [9.17, 15) is 0 Å². The van der Waals surface area contributed by atoms with Gasteiger partial charge in [0.25, 0.3) is 0 Å². The van der Waals surface area contributed by atoms with Crippen LogP contribution in [0.4, 0.5) is 0 Å². The van der Waals surface area contributed by atoms with Gasteiger partial charge in [0, 0.05) is 5.56 Å². The number of fused-ring (bicyclic) bond motifs is 1. The van der Waals surface area contributed by atoms with Crippen molar-refractivity contribution >= 4 is 0 Å². The molecule has 0 spiro atoms. The molecule has 0 saturated carbocycles. The highest BCUT2D eigenvalue weighted by Gasteiger charge is 2.40. The molecule has 0 N–H and O–H groups in total. The smallest absolute Gasteiger partial charge is 0.185 e. The fourth-order valence-electron chi connectivity index (χ4n) is 2.37. The van der Waals surface area contributed by atoms with Crippen molar-refractivity contribution in [3.63, 3.8) is 0 Å². The molecule has 19 heavy (non-hydrogen) atoms. The Morgan fingerprint density at radius 2 is 1.63 bits per heavy atom. The molecule has 1 aromatic carbocycles. The van der Waals surface area contributed by atoms with Gasteiger partial charge in [-0.3, -0.25) is 0 Å². The largest absolute Gasteiger partial charge is 0.342 e. The summed E-state index contributed by atoms with van der Waals surface area (Å²) >= 11 is 0. The van der Waals surface area contributed by atoms with Crippen LogP contribution >= 0.6 is 0 Å². The molecule has 2 unspecified atom stereocenters. The Morgan fingerprint density at radius 1 is 1.05 bits per heavy atom. The first kappa shape index (κ1) is 14.5. The highest BCUT2D eigenvalue weighted by atomic mass is 16.7. The van der Waals surface area contributed by atoms with Gasteiger partial charge >= 0.3 is 0 Å². The molecule has 0 fully saturated rings. The average Bonchev–Trinajstić information content (AvgIpc) is 2.68. The molecule has 0 aromatic heterocycles. The molecular formula is C17H26O2. The van der Waals surface area contributed by atoms with Crippen molar-refractivity contribution in [1.29, 1.82) is 0 Å². The van der Waals surface area contributed by atoms with Crippen LogP contribution in [0.15, 0.2) is 24.3 Å². The van der Waals surface area contributed by atoms with Crippen molar-refractivity contribution in [2.75, 3.05) is 0 Å². The lowest BCUT2D eigenvalue weighted by Gasteiger charge is -2.31. The van der Waals surface area contributed by atoms with E-state index < -0.39 is 0 Å². The minimum atomic E-state index is -0.240. The van der Waals surface area contributed by atoms with E-state index in [4.69, 9.17) is 9.47 Å². The lowest BCUT2D eigenvalue weighted by molar-refractivity contribution is -0.227. The molecule has 1 aromatic rings. The van der Waals surface area contributed by atoms with Crippen LogP contribution in [0.1, 0.15) is 71.5 Å². The molecule has 2 rings (SSSR count). The highest BCUT2D eigenvalue weighted by Crippen LogP contribution is 2.49. The van der Waals surface area contributed by atoms with Crippen LogP contribution in [-0.4, -0.2) is 5.60 Å². The van der Waals surface area contributed by atoms with Gasteiger partial charge in [-0.05, 0) is 31.2 Å². The van der Waals surface area contributed by atoms with E-state index in [1.54, 1.807) is 0 Å². The molecule has 1 aliphatic heterocycles. The van der Waals surface area contributed by atoms with Crippen molar-refractivity contribution in [2.24, 2.45) is 5.41 Å². The number of benzene rings is 1. The minimum absolute atomic E-state index is 0.0740. The van der Waals surface area contributed by atoms with Crippen molar-refractivity contribution in [3.8, 4) is 0 Å². The zero-order valence-corrected chi connectivity index (χ0v) is 13.0. The summed E-state index contributed by atoms with van der Waals surface area (Å²) in [5, 5.41) is 0. The van der Waals surface area contributed by atoms with Crippen LogP contribution in [0, 0.1) is 5.41 Å². The second kappa shape index (κ2) is 4.92. The van der Waals surface area contributed by atoms with Gasteiger partial charge in [-0.25, -0.2) is 0 Å². The van der Waals surface area contributed by atoms with E-state index in [1.807, 2.05) is 0 Å². The standard InChI is InChI=1S/C17H26O2/c1-7-17(5,6)19-15-13-11-9-8-10-12(13)14(18-15)16(2,3)4/h8-11,14-15H,7H2,1-6H3. The summed E-state index contributed by atoms with van der Waals surface area (Å²) in [7, 11) is 0. The van der Waals surface area contributed by atoms with Crippen molar-refractivity contribution in [2.45, 2.75) is 66.0 Å². The summed E-state index contributed by atoms with van der Waals surface area (Å²) in [5.74, 6) is 0. The molecule has 2 nitrogen and oxygen atoms in total. The topological polar surface area (TPSA) is 18.5 Å². The van der Waals surface area contributed by atoms with Crippen LogP contribution in [-0.2, 0) is 9.47 Å². The zero-order chi connectivity index (χ0) is 14.3. The summed E-state index contributed by atoms with van der Waals surface area (Å²) in [5.41, 5.74) is 2.37. The van der Waals surface area contributed by atoms with Crippen molar-refractivity contribution < 1.29 is 9.47 Å². The first-order valence-corrected chi connectivity index (χ1v) is 7.17. The third-order valence-electron chi connectivity index (χ3n) is 3.86. The van der Waals surface area contributed by atoms with E-state index in [0.29, 0.717) is 0 Å². The van der Waals surface area contributed by atoms with Crippen molar-refractivity contribution in [3.05, 3.63) is 35.4 Å². The average molecular weight is 262 g/mol. The van der Waals surface area contributed by atoms with Gasteiger partial charge in [0.2, 0.25) is 0 Å². The van der Waals surface area contributed by atoms with Gasteiger partial charge in [0.1, 0.15) is 0 Å². The number of rotatable bonds is 3. The van der Waals surface area contributed by atoms with Crippen molar-refractivity contribution in [1.82, 2.24) is 0 Å². The fraction of sp³-hybridized carbons (Fsp3) is 0.647. The molecule has 0 bridgehead atoms. The van der Waals surface area contributed by atoms with E-state index in [-0.39, 0.29) is 23.4 Å². The number of hydrogen-bond donors (Lipinski definition) is 0. The lowest BCUT2D eigenvalue weighted by Crippen LogP contribution is -2.26. The summed E-state index contributed by atoms with van der Waals surface area (Å²) in [4.78, 5) is 0. The zero-order valence-electron chi connectivity index (χ0n) is 13.0. The van der Waals surface area contributed by atoms with Gasteiger partial charge in [0.05, 0.1) is 11.7 Å². The van der Waals surface area contributed by atoms with Crippen LogP contribution in [0.3, 0.4) is 0 Å². The summed E-state index contributed by atoms with van der Waals surface area (Å²) in [6, 6.07) is 8.42. The number of ether oxygens (including phenoxy) is 2. The predicted molar refractivity (Wildman–Crippen MR) is 77.9 cm³/mol. The second-order valence-corrected chi connectivity index (χ2v) is 7.07. The normalized spacial score (nSPS) is 23.5. The van der Waals surface area contributed by atoms with Gasteiger partial charge in [0.15, 0.2) is 6.29 Å². The maximum absolute atomic E-state index is 6.21. The maximum atomic E-state index is 6.21. The maximum Gasteiger partial charge on any atom is 0.185 e. The van der Waals surface area contributed by atoms with Crippen LogP contribution < -0.4 is 0 Å². The van der Waals surface area contributed by atoms with E-state index in [0.717, 1.165) is 6.42 Å². The van der Waals surface area contributed by atoms with Crippen LogP contribution in [0.2, 0.25) is 0 Å². The molecule has 1 aliphatic rings. The Morgan fingerprint density at radius 3 is 2.16 bits per heavy atom. The Hall–Kier alpha value is -0.860. The third kappa shape index (κ3) is 3.01. The Kier molecular flexibility index (Phi) is 3.76. The Balaban J connectivity index is 2.31. The molecule has 2 atom stereocenters. The van der Waals surface area contributed by atoms with Gasteiger partial charge in [-0.15, -0.1) is 0 Å². The lowest BCUT2D eigenvalue weighted by atomic mass is 9.84. The molecular weight excluding hydrogens is 236 g/mol. The monoisotopic (exact) mass is 262 g/mol. The van der Waals surface area contributed by atoms with Crippen LogP contribution in [0.5, 0.6) is 0 Å². The summed E-state index contributed by atoms with van der Waals surface area (Å²) < 4.78 is 12.4. The van der Waals surface area contributed by atoms with Gasteiger partial charge < -0.3 is 9.47 Å². The number of hydrogen-bond acceptors (Lipinski definition) is 2. The molecule has 0 saturated heterocycles. The Bertz CT molecular complexity index is 443.